The van der Waals surface area contributed by atoms with Gasteiger partial charge in [-0.05, 0) is 81.8 Å². The number of carbonyl (C=O) groups is 3. The lowest BCUT2D eigenvalue weighted by molar-refractivity contribution is -0.140. The van der Waals surface area contributed by atoms with Crippen LogP contribution in [-0.2, 0) is 20.7 Å². The molecule has 7 nitrogen and oxygen atoms in total. The smallest absolute Gasteiger partial charge is 0.408 e. The Balaban J connectivity index is 2.10. The highest BCUT2D eigenvalue weighted by molar-refractivity contribution is 5.99. The van der Waals surface area contributed by atoms with Crippen LogP contribution in [0.25, 0.3) is 0 Å². The van der Waals surface area contributed by atoms with E-state index in [0.717, 1.165) is 59.9 Å². The molecular weight excluding hydrogens is 562 g/mol. The molecule has 0 heterocycles. The van der Waals surface area contributed by atoms with E-state index in [1.807, 2.05) is 93.6 Å². The summed E-state index contributed by atoms with van der Waals surface area (Å²) in [6, 6.07) is 21.2. The van der Waals surface area contributed by atoms with Crippen molar-refractivity contribution in [2.75, 3.05) is 11.9 Å². The van der Waals surface area contributed by atoms with Crippen LogP contribution in [0.15, 0.2) is 72.8 Å². The van der Waals surface area contributed by atoms with Crippen molar-refractivity contribution in [3.63, 3.8) is 0 Å². The third-order valence-electron chi connectivity index (χ3n) is 7.96. The molecule has 242 valence electrons. The molecule has 0 radical (unpaired) electrons. The number of nitrogens with zero attached hydrogens (tertiary/aromatic N) is 1. The van der Waals surface area contributed by atoms with Gasteiger partial charge in [-0.1, -0.05) is 99.3 Å². The van der Waals surface area contributed by atoms with Crippen molar-refractivity contribution in [1.82, 2.24) is 10.2 Å². The number of amides is 3. The van der Waals surface area contributed by atoms with Gasteiger partial charge in [-0.15, -0.1) is 0 Å². The van der Waals surface area contributed by atoms with Gasteiger partial charge in [0.25, 0.3) is 5.91 Å². The molecular formula is C38H51N3O4. The minimum absolute atomic E-state index is 0.254. The number of aryl methyl sites for hydroxylation is 2. The Labute approximate surface area is 269 Å². The summed E-state index contributed by atoms with van der Waals surface area (Å²) in [5.74, 6) is -0.623. The third-order valence-corrected chi connectivity index (χ3v) is 7.96. The molecule has 2 unspecified atom stereocenters. The van der Waals surface area contributed by atoms with E-state index in [4.69, 9.17) is 4.74 Å². The number of alkyl carbamates (subject to hydrolysis) is 1. The van der Waals surface area contributed by atoms with Crippen LogP contribution in [0.3, 0.4) is 0 Å². The van der Waals surface area contributed by atoms with Crippen molar-refractivity contribution >= 4 is 23.6 Å². The molecule has 7 heteroatoms. The fourth-order valence-electron chi connectivity index (χ4n) is 5.39. The first-order valence-corrected chi connectivity index (χ1v) is 16.2. The first-order chi connectivity index (χ1) is 21.4. The lowest BCUT2D eigenvalue weighted by atomic mass is 9.94. The molecule has 0 bridgehead atoms. The SMILES string of the molecule is CCCCCCCN(C(=O)C(Cc1ccccc1)NC(=O)OC(C)(C)C)C(C(=O)Nc1ccccc1C)c1cccc(C)c1C. The van der Waals surface area contributed by atoms with Crippen molar-refractivity contribution in [2.45, 2.75) is 105 Å². The molecule has 0 spiro atoms. The predicted octanol–water partition coefficient (Wildman–Crippen LogP) is 8.23. The fourth-order valence-corrected chi connectivity index (χ4v) is 5.39. The van der Waals surface area contributed by atoms with E-state index in [0.29, 0.717) is 12.2 Å². The summed E-state index contributed by atoms with van der Waals surface area (Å²) < 4.78 is 5.58. The first kappa shape index (κ1) is 35.4. The van der Waals surface area contributed by atoms with Crippen LogP contribution in [0.4, 0.5) is 10.5 Å². The zero-order valence-corrected chi connectivity index (χ0v) is 28.1. The average molecular weight is 614 g/mol. The maximum absolute atomic E-state index is 14.8. The van der Waals surface area contributed by atoms with Crippen LogP contribution in [0, 0.1) is 20.8 Å². The highest BCUT2D eigenvalue weighted by Crippen LogP contribution is 2.30. The van der Waals surface area contributed by atoms with Gasteiger partial charge in [0.1, 0.15) is 17.7 Å². The van der Waals surface area contributed by atoms with E-state index in [2.05, 4.69) is 17.6 Å². The standard InChI is InChI=1S/C38H51N3O4/c1-8-9-10-11-17-25-41(36(43)33(26-30-21-13-12-14-22-30)40-37(44)45-38(5,6)7)34(31-23-18-20-27(2)29(31)4)35(42)39-32-24-16-15-19-28(32)3/h12-16,18-24,33-34H,8-11,17,25-26H2,1-7H3,(H,39,42)(H,40,44). The monoisotopic (exact) mass is 613 g/mol. The van der Waals surface area contributed by atoms with Crippen molar-refractivity contribution in [2.24, 2.45) is 0 Å². The van der Waals surface area contributed by atoms with Crippen molar-refractivity contribution in [3.05, 3.63) is 101 Å². The maximum atomic E-state index is 14.8. The van der Waals surface area contributed by atoms with Crippen LogP contribution in [0.2, 0.25) is 0 Å². The second kappa shape index (κ2) is 16.8. The van der Waals surface area contributed by atoms with Crippen LogP contribution in [-0.4, -0.2) is 41.0 Å². The molecule has 3 amide bonds. The summed E-state index contributed by atoms with van der Waals surface area (Å²) in [5, 5.41) is 5.98. The second-order valence-electron chi connectivity index (χ2n) is 12.8. The van der Waals surface area contributed by atoms with E-state index in [9.17, 15) is 14.4 Å². The van der Waals surface area contributed by atoms with E-state index < -0.39 is 23.8 Å². The van der Waals surface area contributed by atoms with Crippen molar-refractivity contribution in [3.8, 4) is 0 Å². The molecule has 2 N–H and O–H groups in total. The Kier molecular flexibility index (Phi) is 13.2. The number of unbranched alkanes of at least 4 members (excludes halogenated alkanes) is 4. The predicted molar refractivity (Wildman–Crippen MR) is 182 cm³/mol. The molecule has 3 aromatic carbocycles. The van der Waals surface area contributed by atoms with Crippen LogP contribution in [0.1, 0.15) is 93.7 Å². The van der Waals surface area contributed by atoms with Gasteiger partial charge in [0.15, 0.2) is 0 Å². The fraction of sp³-hybridized carbons (Fsp3) is 0.447. The summed E-state index contributed by atoms with van der Waals surface area (Å²) >= 11 is 0. The lowest BCUT2D eigenvalue weighted by Gasteiger charge is -2.35. The topological polar surface area (TPSA) is 87.7 Å². The van der Waals surface area contributed by atoms with Gasteiger partial charge in [0, 0.05) is 18.7 Å². The molecule has 3 rings (SSSR count). The number of hydrogen-bond donors (Lipinski definition) is 2. The number of benzene rings is 3. The quantitative estimate of drug-likeness (QED) is 0.179. The third kappa shape index (κ3) is 10.8. The van der Waals surface area contributed by atoms with Crippen LogP contribution < -0.4 is 10.6 Å². The van der Waals surface area contributed by atoms with Gasteiger partial charge in [-0.25, -0.2) is 4.79 Å². The van der Waals surface area contributed by atoms with Gasteiger partial charge in [0.05, 0.1) is 0 Å². The number of para-hydroxylation sites is 1. The second-order valence-corrected chi connectivity index (χ2v) is 12.8. The molecule has 0 aliphatic heterocycles. The van der Waals surface area contributed by atoms with Crippen LogP contribution in [0.5, 0.6) is 0 Å². The van der Waals surface area contributed by atoms with Crippen LogP contribution >= 0.6 is 0 Å². The lowest BCUT2D eigenvalue weighted by Crippen LogP contribution is -2.53. The Bertz CT molecular complexity index is 1410. The first-order valence-electron chi connectivity index (χ1n) is 16.2. The number of nitrogens with one attached hydrogen (secondary N) is 2. The summed E-state index contributed by atoms with van der Waals surface area (Å²) in [6.45, 7) is 13.8. The van der Waals surface area contributed by atoms with E-state index in [1.54, 1.807) is 25.7 Å². The van der Waals surface area contributed by atoms with E-state index >= 15 is 0 Å². The molecule has 0 aliphatic rings. The summed E-state index contributed by atoms with van der Waals surface area (Å²) in [5.41, 5.74) is 4.52. The van der Waals surface area contributed by atoms with Gasteiger partial charge < -0.3 is 20.3 Å². The number of rotatable bonds is 14. The van der Waals surface area contributed by atoms with Gasteiger partial charge in [-0.2, -0.15) is 0 Å². The number of ether oxygens (including phenoxy) is 1. The molecule has 0 aliphatic carbocycles. The van der Waals surface area contributed by atoms with Crippen molar-refractivity contribution in [1.29, 1.82) is 0 Å². The summed E-state index contributed by atoms with van der Waals surface area (Å²) in [6.07, 6.45) is 4.50. The Morgan fingerprint density at radius 3 is 2.11 bits per heavy atom. The minimum Gasteiger partial charge on any atom is -0.444 e. The molecule has 3 aromatic rings. The normalized spacial score (nSPS) is 12.6. The Morgan fingerprint density at radius 2 is 1.44 bits per heavy atom. The molecule has 0 aromatic heterocycles. The zero-order chi connectivity index (χ0) is 33.0. The molecule has 45 heavy (non-hydrogen) atoms. The molecule has 2 atom stereocenters. The zero-order valence-electron chi connectivity index (χ0n) is 28.1. The van der Waals surface area contributed by atoms with Gasteiger partial charge in [-0.3, -0.25) is 9.59 Å². The summed E-state index contributed by atoms with van der Waals surface area (Å²) in [7, 11) is 0. The highest BCUT2D eigenvalue weighted by atomic mass is 16.6. The largest absolute Gasteiger partial charge is 0.444 e. The summed E-state index contributed by atoms with van der Waals surface area (Å²) in [4.78, 5) is 43.9. The van der Waals surface area contributed by atoms with E-state index in [-0.39, 0.29) is 18.2 Å². The highest BCUT2D eigenvalue weighted by Gasteiger charge is 2.37. The van der Waals surface area contributed by atoms with Gasteiger partial charge in [0.2, 0.25) is 5.91 Å². The molecule has 0 saturated heterocycles. The minimum atomic E-state index is -0.947. The van der Waals surface area contributed by atoms with Crippen molar-refractivity contribution < 1.29 is 19.1 Å². The molecule has 0 fully saturated rings. The molecule has 0 saturated carbocycles. The maximum Gasteiger partial charge on any atom is 0.408 e. The number of hydrogen-bond acceptors (Lipinski definition) is 4. The number of carbonyl (C=O) groups excluding carboxylic acids is 3. The Morgan fingerprint density at radius 1 is 0.800 bits per heavy atom. The van der Waals surface area contributed by atoms with E-state index in [1.165, 1.54) is 0 Å². The number of anilines is 1. The van der Waals surface area contributed by atoms with Gasteiger partial charge >= 0.3 is 6.09 Å². The Hall–Kier alpha value is -4.13. The average Bonchev–Trinajstić information content (AvgIpc) is 2.98.